The maximum Gasteiger partial charge on any atom is 0.327 e. The second-order valence-electron chi connectivity index (χ2n) is 6.85. The second-order valence-corrected chi connectivity index (χ2v) is 8.68. The van der Waals surface area contributed by atoms with Crippen LogP contribution in [0, 0.1) is 0 Å². The van der Waals surface area contributed by atoms with E-state index in [9.17, 15) is 18.0 Å². The van der Waals surface area contributed by atoms with Crippen LogP contribution in [0.25, 0.3) is 10.8 Å². The SMILES string of the molecule is O=C(COC(=O)CN1c2cccc3cccc(c23)S1(=O)=O)NC1CCCC1. The Bertz CT molecular complexity index is 1010. The third-order valence-electron chi connectivity index (χ3n) is 5.04. The van der Waals surface area contributed by atoms with Gasteiger partial charge in [-0.15, -0.1) is 0 Å². The summed E-state index contributed by atoms with van der Waals surface area (Å²) in [5, 5.41) is 4.22. The first kappa shape index (κ1) is 17.8. The maximum atomic E-state index is 12.8. The molecule has 1 aliphatic carbocycles. The van der Waals surface area contributed by atoms with Crippen LogP contribution in [0.15, 0.2) is 41.3 Å². The van der Waals surface area contributed by atoms with Crippen LogP contribution in [0.2, 0.25) is 0 Å². The van der Waals surface area contributed by atoms with Gasteiger partial charge in [-0.1, -0.05) is 37.1 Å². The monoisotopic (exact) mass is 388 g/mol. The number of rotatable bonds is 5. The molecule has 0 radical (unpaired) electrons. The van der Waals surface area contributed by atoms with Crippen LogP contribution in [0.5, 0.6) is 0 Å². The highest BCUT2D eigenvalue weighted by Gasteiger charge is 2.37. The number of amides is 1. The van der Waals surface area contributed by atoms with E-state index in [0.29, 0.717) is 11.1 Å². The molecule has 8 heteroatoms. The van der Waals surface area contributed by atoms with Crippen molar-refractivity contribution in [2.45, 2.75) is 36.6 Å². The minimum Gasteiger partial charge on any atom is -0.454 e. The summed E-state index contributed by atoms with van der Waals surface area (Å²) in [5.74, 6) is -1.12. The van der Waals surface area contributed by atoms with Gasteiger partial charge in [-0.05, 0) is 30.4 Å². The fraction of sp³-hybridized carbons (Fsp3) is 0.368. The third kappa shape index (κ3) is 3.25. The minimum atomic E-state index is -3.82. The molecule has 0 atom stereocenters. The fourth-order valence-corrected chi connectivity index (χ4v) is 5.43. The van der Waals surface area contributed by atoms with Gasteiger partial charge < -0.3 is 10.1 Å². The highest BCUT2D eigenvalue weighted by atomic mass is 32.2. The van der Waals surface area contributed by atoms with Gasteiger partial charge in [0, 0.05) is 11.4 Å². The predicted molar refractivity (Wildman–Crippen MR) is 99.8 cm³/mol. The molecule has 2 aromatic rings. The van der Waals surface area contributed by atoms with E-state index in [0.717, 1.165) is 35.4 Å². The van der Waals surface area contributed by atoms with Gasteiger partial charge >= 0.3 is 5.97 Å². The zero-order valence-electron chi connectivity index (χ0n) is 14.7. The maximum absolute atomic E-state index is 12.8. The van der Waals surface area contributed by atoms with E-state index in [1.165, 1.54) is 6.07 Å². The predicted octanol–water partition coefficient (Wildman–Crippen LogP) is 1.95. The molecule has 2 aliphatic rings. The quantitative estimate of drug-likeness (QED) is 0.791. The van der Waals surface area contributed by atoms with Crippen LogP contribution >= 0.6 is 0 Å². The van der Waals surface area contributed by atoms with Gasteiger partial charge in [-0.3, -0.25) is 13.9 Å². The molecule has 1 amide bonds. The number of carbonyl (C=O) groups excluding carboxylic acids is 2. The van der Waals surface area contributed by atoms with Gasteiger partial charge in [0.25, 0.3) is 15.9 Å². The highest BCUT2D eigenvalue weighted by molar-refractivity contribution is 7.93. The number of sulfonamides is 1. The van der Waals surface area contributed by atoms with E-state index in [-0.39, 0.29) is 16.8 Å². The molecule has 0 saturated heterocycles. The summed E-state index contributed by atoms with van der Waals surface area (Å²) in [5.41, 5.74) is 0.454. The average molecular weight is 388 g/mol. The molecular formula is C19H20N2O5S. The van der Waals surface area contributed by atoms with Crippen molar-refractivity contribution in [1.29, 1.82) is 0 Å². The van der Waals surface area contributed by atoms with Crippen molar-refractivity contribution >= 4 is 38.4 Å². The zero-order chi connectivity index (χ0) is 19.0. The molecule has 4 rings (SSSR count). The Morgan fingerprint density at radius 3 is 2.56 bits per heavy atom. The fourth-order valence-electron chi connectivity index (χ4n) is 3.78. The number of nitrogens with zero attached hydrogens (tertiary/aromatic N) is 1. The van der Waals surface area contributed by atoms with Crippen molar-refractivity contribution in [3.63, 3.8) is 0 Å². The normalized spacial score (nSPS) is 18.0. The smallest absolute Gasteiger partial charge is 0.327 e. The standard InChI is InChI=1S/C19H20N2O5S/c22-17(20-14-7-1-2-8-14)12-26-18(23)11-21-15-9-3-5-13-6-4-10-16(19(13)15)27(21,24)25/h3-6,9-10,14H,1-2,7-8,11-12H2,(H,20,22). The van der Waals surface area contributed by atoms with E-state index in [1.807, 2.05) is 12.1 Å². The van der Waals surface area contributed by atoms with Crippen LogP contribution in [-0.2, 0) is 24.3 Å². The molecule has 2 aromatic carbocycles. The number of esters is 1. The van der Waals surface area contributed by atoms with Crippen LogP contribution in [0.4, 0.5) is 5.69 Å². The Morgan fingerprint density at radius 2 is 1.81 bits per heavy atom. The summed E-state index contributed by atoms with van der Waals surface area (Å²) in [7, 11) is -3.82. The zero-order valence-corrected chi connectivity index (χ0v) is 15.5. The van der Waals surface area contributed by atoms with E-state index in [1.54, 1.807) is 18.2 Å². The topological polar surface area (TPSA) is 92.8 Å². The number of nitrogens with one attached hydrogen (secondary N) is 1. The van der Waals surface area contributed by atoms with Gasteiger partial charge in [0.15, 0.2) is 6.61 Å². The average Bonchev–Trinajstić information content (AvgIpc) is 3.22. The van der Waals surface area contributed by atoms with E-state index >= 15 is 0 Å². The van der Waals surface area contributed by atoms with Crippen molar-refractivity contribution in [2.75, 3.05) is 17.5 Å². The summed E-state index contributed by atoms with van der Waals surface area (Å²) >= 11 is 0. The molecule has 7 nitrogen and oxygen atoms in total. The lowest BCUT2D eigenvalue weighted by atomic mass is 10.1. The molecular weight excluding hydrogens is 368 g/mol. The van der Waals surface area contributed by atoms with Crippen molar-refractivity contribution in [3.05, 3.63) is 36.4 Å². The Morgan fingerprint density at radius 1 is 1.11 bits per heavy atom. The van der Waals surface area contributed by atoms with Crippen molar-refractivity contribution in [3.8, 4) is 0 Å². The number of hydrogen-bond donors (Lipinski definition) is 1. The first-order valence-electron chi connectivity index (χ1n) is 8.96. The molecule has 1 fully saturated rings. The lowest BCUT2D eigenvalue weighted by molar-refractivity contribution is -0.147. The van der Waals surface area contributed by atoms with Gasteiger partial charge in [-0.2, -0.15) is 0 Å². The minimum absolute atomic E-state index is 0.141. The highest BCUT2D eigenvalue weighted by Crippen LogP contribution is 2.41. The molecule has 0 aromatic heterocycles. The molecule has 142 valence electrons. The first-order valence-corrected chi connectivity index (χ1v) is 10.4. The van der Waals surface area contributed by atoms with Gasteiger partial charge in [0.1, 0.15) is 6.54 Å². The third-order valence-corrected chi connectivity index (χ3v) is 6.84. The van der Waals surface area contributed by atoms with Gasteiger partial charge in [0.05, 0.1) is 10.6 Å². The Labute approximate surface area is 157 Å². The van der Waals surface area contributed by atoms with Crippen molar-refractivity contribution in [2.24, 2.45) is 0 Å². The second kappa shape index (κ2) is 6.84. The first-order chi connectivity index (χ1) is 13.0. The Hall–Kier alpha value is -2.61. The molecule has 1 N–H and O–H groups in total. The number of ether oxygens (including phenoxy) is 1. The number of carbonyl (C=O) groups is 2. The molecule has 27 heavy (non-hydrogen) atoms. The summed E-state index contributed by atoms with van der Waals surface area (Å²) in [6, 6.07) is 10.4. The molecule has 0 bridgehead atoms. The van der Waals surface area contributed by atoms with Crippen LogP contribution < -0.4 is 9.62 Å². The van der Waals surface area contributed by atoms with Crippen molar-refractivity contribution < 1.29 is 22.7 Å². The molecule has 1 saturated carbocycles. The molecule has 0 unspecified atom stereocenters. The molecule has 0 spiro atoms. The van der Waals surface area contributed by atoms with Crippen LogP contribution in [-0.4, -0.2) is 39.5 Å². The van der Waals surface area contributed by atoms with E-state index < -0.39 is 29.1 Å². The van der Waals surface area contributed by atoms with E-state index in [2.05, 4.69) is 5.32 Å². The van der Waals surface area contributed by atoms with Crippen molar-refractivity contribution in [1.82, 2.24) is 5.32 Å². The van der Waals surface area contributed by atoms with Crippen LogP contribution in [0.3, 0.4) is 0 Å². The summed E-state index contributed by atoms with van der Waals surface area (Å²) in [6.45, 7) is -0.868. The largest absolute Gasteiger partial charge is 0.454 e. The lowest BCUT2D eigenvalue weighted by Crippen LogP contribution is -2.38. The molecule has 1 heterocycles. The van der Waals surface area contributed by atoms with Crippen LogP contribution in [0.1, 0.15) is 25.7 Å². The lowest BCUT2D eigenvalue weighted by Gasteiger charge is -2.18. The summed E-state index contributed by atoms with van der Waals surface area (Å²) in [4.78, 5) is 24.3. The van der Waals surface area contributed by atoms with Gasteiger partial charge in [-0.25, -0.2) is 8.42 Å². The van der Waals surface area contributed by atoms with Gasteiger partial charge in [0.2, 0.25) is 0 Å². The Balaban J connectivity index is 1.44. The number of hydrogen-bond acceptors (Lipinski definition) is 5. The summed E-state index contributed by atoms with van der Waals surface area (Å²) in [6.07, 6.45) is 4.05. The number of anilines is 1. The van der Waals surface area contributed by atoms with E-state index in [4.69, 9.17) is 4.74 Å². The summed E-state index contributed by atoms with van der Waals surface area (Å²) < 4.78 is 31.7. The molecule has 1 aliphatic heterocycles. The number of benzene rings is 2. The Kier molecular flexibility index (Phi) is 4.51.